The Labute approximate surface area is 140 Å². The van der Waals surface area contributed by atoms with E-state index in [-0.39, 0.29) is 18.0 Å². The molecule has 2 aliphatic heterocycles. The van der Waals surface area contributed by atoms with Crippen LogP contribution in [0.5, 0.6) is 0 Å². The van der Waals surface area contributed by atoms with Crippen molar-refractivity contribution in [1.82, 2.24) is 5.32 Å². The van der Waals surface area contributed by atoms with Gasteiger partial charge in [-0.3, -0.25) is 0 Å². The Bertz CT molecular complexity index is 722. The Morgan fingerprint density at radius 3 is 2.46 bits per heavy atom. The van der Waals surface area contributed by atoms with E-state index in [0.717, 1.165) is 36.4 Å². The SMILES string of the molecule is Fc1ccc(C2COC(c3ccc(C4CNCCO4)cc3)=N2)cc1. The van der Waals surface area contributed by atoms with Crippen LogP contribution in [0.1, 0.15) is 28.8 Å². The molecular formula is C19H19FN2O2. The van der Waals surface area contributed by atoms with Crippen molar-refractivity contribution in [3.63, 3.8) is 0 Å². The fourth-order valence-electron chi connectivity index (χ4n) is 3.01. The average Bonchev–Trinajstić information content (AvgIpc) is 3.13. The number of aliphatic imine (C=N–C) groups is 1. The number of hydrogen-bond donors (Lipinski definition) is 1. The van der Waals surface area contributed by atoms with E-state index in [0.29, 0.717) is 12.5 Å². The van der Waals surface area contributed by atoms with E-state index in [1.807, 2.05) is 12.1 Å². The van der Waals surface area contributed by atoms with Gasteiger partial charge in [0, 0.05) is 18.7 Å². The van der Waals surface area contributed by atoms with E-state index >= 15 is 0 Å². The first-order valence-electron chi connectivity index (χ1n) is 8.18. The van der Waals surface area contributed by atoms with Crippen LogP contribution in [0.15, 0.2) is 53.5 Å². The van der Waals surface area contributed by atoms with Crippen molar-refractivity contribution in [3.8, 4) is 0 Å². The second-order valence-corrected chi connectivity index (χ2v) is 6.00. The number of nitrogens with zero attached hydrogens (tertiary/aromatic N) is 1. The largest absolute Gasteiger partial charge is 0.475 e. The zero-order chi connectivity index (χ0) is 16.4. The Hall–Kier alpha value is -2.24. The van der Waals surface area contributed by atoms with Gasteiger partial charge < -0.3 is 14.8 Å². The van der Waals surface area contributed by atoms with Crippen LogP contribution >= 0.6 is 0 Å². The Morgan fingerprint density at radius 2 is 1.75 bits per heavy atom. The maximum Gasteiger partial charge on any atom is 0.216 e. The summed E-state index contributed by atoms with van der Waals surface area (Å²) in [6, 6.07) is 14.5. The van der Waals surface area contributed by atoms with E-state index in [1.165, 1.54) is 12.1 Å². The third-order valence-electron chi connectivity index (χ3n) is 4.36. The molecule has 0 saturated carbocycles. The molecule has 0 radical (unpaired) electrons. The number of ether oxygens (including phenoxy) is 2. The van der Waals surface area contributed by atoms with Gasteiger partial charge in [-0.15, -0.1) is 0 Å². The van der Waals surface area contributed by atoms with Crippen molar-refractivity contribution in [1.29, 1.82) is 0 Å². The average molecular weight is 326 g/mol. The molecule has 4 nitrogen and oxygen atoms in total. The van der Waals surface area contributed by atoms with Gasteiger partial charge in [-0.1, -0.05) is 24.3 Å². The van der Waals surface area contributed by atoms with Gasteiger partial charge in [0.2, 0.25) is 5.90 Å². The molecule has 0 bridgehead atoms. The Morgan fingerprint density at radius 1 is 1.00 bits per heavy atom. The highest BCUT2D eigenvalue weighted by Crippen LogP contribution is 2.26. The third kappa shape index (κ3) is 3.18. The van der Waals surface area contributed by atoms with Crippen LogP contribution in [-0.2, 0) is 9.47 Å². The molecule has 2 heterocycles. The molecule has 1 saturated heterocycles. The minimum atomic E-state index is -0.239. The molecule has 2 aromatic carbocycles. The first kappa shape index (κ1) is 15.3. The summed E-state index contributed by atoms with van der Waals surface area (Å²) in [5.74, 6) is 0.399. The lowest BCUT2D eigenvalue weighted by Gasteiger charge is -2.24. The topological polar surface area (TPSA) is 42.8 Å². The number of rotatable bonds is 3. The Balaban J connectivity index is 1.49. The molecule has 2 aromatic rings. The summed E-state index contributed by atoms with van der Waals surface area (Å²) in [4.78, 5) is 4.63. The lowest BCUT2D eigenvalue weighted by atomic mass is 10.1. The van der Waals surface area contributed by atoms with E-state index in [9.17, 15) is 4.39 Å². The van der Waals surface area contributed by atoms with E-state index < -0.39 is 0 Å². The highest BCUT2D eigenvalue weighted by atomic mass is 19.1. The molecule has 124 valence electrons. The van der Waals surface area contributed by atoms with Crippen LogP contribution in [-0.4, -0.2) is 32.2 Å². The maximum absolute atomic E-state index is 13.0. The lowest BCUT2D eigenvalue weighted by molar-refractivity contribution is 0.0277. The van der Waals surface area contributed by atoms with Crippen molar-refractivity contribution in [2.75, 3.05) is 26.3 Å². The van der Waals surface area contributed by atoms with Gasteiger partial charge in [-0.2, -0.15) is 0 Å². The van der Waals surface area contributed by atoms with Crippen molar-refractivity contribution in [3.05, 3.63) is 71.0 Å². The molecule has 1 fully saturated rings. The zero-order valence-corrected chi connectivity index (χ0v) is 13.2. The molecular weight excluding hydrogens is 307 g/mol. The number of nitrogens with one attached hydrogen (secondary N) is 1. The normalized spacial score (nSPS) is 23.6. The van der Waals surface area contributed by atoms with Crippen LogP contribution in [0.4, 0.5) is 4.39 Å². The molecule has 0 amide bonds. The Kier molecular flexibility index (Phi) is 4.28. The molecule has 24 heavy (non-hydrogen) atoms. The molecule has 0 aliphatic carbocycles. The monoisotopic (exact) mass is 326 g/mol. The highest BCUT2D eigenvalue weighted by molar-refractivity contribution is 5.95. The van der Waals surface area contributed by atoms with Gasteiger partial charge in [-0.25, -0.2) is 9.38 Å². The van der Waals surface area contributed by atoms with Crippen molar-refractivity contribution in [2.24, 2.45) is 4.99 Å². The summed E-state index contributed by atoms with van der Waals surface area (Å²) >= 11 is 0. The fraction of sp³-hybridized carbons (Fsp3) is 0.316. The van der Waals surface area contributed by atoms with E-state index in [2.05, 4.69) is 22.4 Å². The summed E-state index contributed by atoms with van der Waals surface area (Å²) in [5.41, 5.74) is 3.07. The quantitative estimate of drug-likeness (QED) is 0.943. The number of benzene rings is 2. The third-order valence-corrected chi connectivity index (χ3v) is 4.36. The van der Waals surface area contributed by atoms with E-state index in [1.54, 1.807) is 12.1 Å². The number of halogens is 1. The van der Waals surface area contributed by atoms with Gasteiger partial charge in [0.05, 0.1) is 12.7 Å². The summed E-state index contributed by atoms with van der Waals surface area (Å²) in [6.07, 6.45) is 0.103. The molecule has 2 aliphatic rings. The van der Waals surface area contributed by atoms with Crippen LogP contribution in [0.2, 0.25) is 0 Å². The van der Waals surface area contributed by atoms with Crippen LogP contribution in [0, 0.1) is 5.82 Å². The highest BCUT2D eigenvalue weighted by Gasteiger charge is 2.22. The predicted molar refractivity (Wildman–Crippen MR) is 89.6 cm³/mol. The smallest absolute Gasteiger partial charge is 0.216 e. The number of morpholine rings is 1. The maximum atomic E-state index is 13.0. The minimum Gasteiger partial charge on any atom is -0.475 e. The molecule has 0 aromatic heterocycles. The van der Waals surface area contributed by atoms with Gasteiger partial charge in [0.15, 0.2) is 0 Å². The molecule has 2 unspecified atom stereocenters. The predicted octanol–water partition coefficient (Wildman–Crippen LogP) is 3.00. The summed E-state index contributed by atoms with van der Waals surface area (Å²) in [6.45, 7) is 2.97. The van der Waals surface area contributed by atoms with Crippen molar-refractivity contribution >= 4 is 5.90 Å². The van der Waals surface area contributed by atoms with Crippen LogP contribution < -0.4 is 5.32 Å². The van der Waals surface area contributed by atoms with Crippen LogP contribution in [0.25, 0.3) is 0 Å². The molecule has 2 atom stereocenters. The van der Waals surface area contributed by atoms with Crippen molar-refractivity contribution < 1.29 is 13.9 Å². The van der Waals surface area contributed by atoms with Crippen LogP contribution in [0.3, 0.4) is 0 Å². The van der Waals surface area contributed by atoms with Gasteiger partial charge >= 0.3 is 0 Å². The summed E-state index contributed by atoms with van der Waals surface area (Å²) < 4.78 is 24.5. The summed E-state index contributed by atoms with van der Waals surface area (Å²) in [5, 5.41) is 3.33. The minimum absolute atomic E-state index is 0.0776. The zero-order valence-electron chi connectivity index (χ0n) is 13.2. The fourth-order valence-corrected chi connectivity index (χ4v) is 3.01. The van der Waals surface area contributed by atoms with Crippen molar-refractivity contribution in [2.45, 2.75) is 12.1 Å². The van der Waals surface area contributed by atoms with Gasteiger partial charge in [0.1, 0.15) is 18.5 Å². The first-order valence-corrected chi connectivity index (χ1v) is 8.18. The van der Waals surface area contributed by atoms with Gasteiger partial charge in [-0.05, 0) is 35.4 Å². The standard InChI is InChI=1S/C19H19FN2O2/c20-16-7-5-13(6-8-16)17-12-24-19(22-17)15-3-1-14(2-4-15)18-11-21-9-10-23-18/h1-8,17-18,21H,9-12H2. The van der Waals surface area contributed by atoms with E-state index in [4.69, 9.17) is 9.47 Å². The second kappa shape index (κ2) is 6.71. The molecule has 0 spiro atoms. The molecule has 5 heteroatoms. The summed E-state index contributed by atoms with van der Waals surface area (Å²) in [7, 11) is 0. The second-order valence-electron chi connectivity index (χ2n) is 6.00. The molecule has 1 N–H and O–H groups in total. The first-order chi connectivity index (χ1) is 11.8. The lowest BCUT2D eigenvalue weighted by Crippen LogP contribution is -2.33. The van der Waals surface area contributed by atoms with Gasteiger partial charge in [0.25, 0.3) is 0 Å². The molecule has 4 rings (SSSR count). The number of hydrogen-bond acceptors (Lipinski definition) is 4.